The first kappa shape index (κ1) is 9.09. The highest BCUT2D eigenvalue weighted by atomic mass is 16.5. The number of hydrogen-bond acceptors (Lipinski definition) is 3. The number of furan rings is 1. The molecule has 2 aromatic rings. The molecule has 1 aromatic carbocycles. The number of nitrogens with two attached hydrogens (primary N) is 1. The maximum atomic E-state index is 5.59. The number of benzene rings is 1. The molecule has 0 spiro atoms. The van der Waals surface area contributed by atoms with Crippen LogP contribution < -0.4 is 10.5 Å². The summed E-state index contributed by atoms with van der Waals surface area (Å²) >= 11 is 0. The summed E-state index contributed by atoms with van der Waals surface area (Å²) in [4.78, 5) is 0. The summed E-state index contributed by atoms with van der Waals surface area (Å²) < 4.78 is 10.7. The molecular formula is C11H13NO2. The summed E-state index contributed by atoms with van der Waals surface area (Å²) in [6.45, 7) is 2.45. The largest absolute Gasteiger partial charge is 0.497 e. The molecule has 0 unspecified atom stereocenters. The molecule has 3 nitrogen and oxygen atoms in total. The van der Waals surface area contributed by atoms with Crippen LogP contribution >= 0.6 is 0 Å². The van der Waals surface area contributed by atoms with Gasteiger partial charge in [0.15, 0.2) is 0 Å². The Balaban J connectivity index is 2.66. The molecule has 14 heavy (non-hydrogen) atoms. The standard InChI is InChI=1S/C11H13NO2/c1-7-9-4-3-8(13-2)5-10(9)14-11(7)6-12/h3-5H,6,12H2,1-2H3. The van der Waals surface area contributed by atoms with Crippen molar-refractivity contribution in [3.63, 3.8) is 0 Å². The highest BCUT2D eigenvalue weighted by molar-refractivity contribution is 5.83. The van der Waals surface area contributed by atoms with Crippen LogP contribution in [0.3, 0.4) is 0 Å². The number of hydrogen-bond donors (Lipinski definition) is 1. The molecule has 0 bridgehead atoms. The number of fused-ring (bicyclic) bond motifs is 1. The number of aryl methyl sites for hydroxylation is 1. The lowest BCUT2D eigenvalue weighted by Gasteiger charge is -1.97. The fourth-order valence-corrected chi connectivity index (χ4v) is 1.58. The van der Waals surface area contributed by atoms with Gasteiger partial charge in [-0.25, -0.2) is 0 Å². The molecule has 0 radical (unpaired) electrons. The van der Waals surface area contributed by atoms with Gasteiger partial charge in [-0.15, -0.1) is 0 Å². The molecule has 0 saturated heterocycles. The van der Waals surface area contributed by atoms with E-state index >= 15 is 0 Å². The Morgan fingerprint density at radius 3 is 2.86 bits per heavy atom. The van der Waals surface area contributed by atoms with E-state index in [0.29, 0.717) is 6.54 Å². The summed E-state index contributed by atoms with van der Waals surface area (Å²) in [6, 6.07) is 5.79. The van der Waals surface area contributed by atoms with E-state index in [9.17, 15) is 0 Å². The molecule has 74 valence electrons. The average molecular weight is 191 g/mol. The highest BCUT2D eigenvalue weighted by Crippen LogP contribution is 2.28. The molecule has 1 heterocycles. The SMILES string of the molecule is COc1ccc2c(C)c(CN)oc2c1. The van der Waals surface area contributed by atoms with E-state index in [0.717, 1.165) is 28.0 Å². The van der Waals surface area contributed by atoms with Gasteiger partial charge in [0, 0.05) is 11.5 Å². The smallest absolute Gasteiger partial charge is 0.138 e. The van der Waals surface area contributed by atoms with Gasteiger partial charge in [0.05, 0.1) is 13.7 Å². The van der Waals surface area contributed by atoms with Gasteiger partial charge in [-0.1, -0.05) is 0 Å². The van der Waals surface area contributed by atoms with Crippen LogP contribution in [0.2, 0.25) is 0 Å². The highest BCUT2D eigenvalue weighted by Gasteiger charge is 2.09. The lowest BCUT2D eigenvalue weighted by Crippen LogP contribution is -1.95. The van der Waals surface area contributed by atoms with E-state index in [1.807, 2.05) is 25.1 Å². The predicted molar refractivity (Wildman–Crippen MR) is 55.4 cm³/mol. The lowest BCUT2D eigenvalue weighted by molar-refractivity contribution is 0.414. The summed E-state index contributed by atoms with van der Waals surface area (Å²) in [5, 5.41) is 1.10. The van der Waals surface area contributed by atoms with Crippen molar-refractivity contribution in [1.29, 1.82) is 0 Å². The minimum Gasteiger partial charge on any atom is -0.497 e. The molecule has 0 aliphatic rings. The topological polar surface area (TPSA) is 48.4 Å². The van der Waals surface area contributed by atoms with Gasteiger partial charge in [-0.2, -0.15) is 0 Å². The first-order valence-electron chi connectivity index (χ1n) is 4.52. The van der Waals surface area contributed by atoms with E-state index < -0.39 is 0 Å². The maximum Gasteiger partial charge on any atom is 0.138 e. The Bertz CT molecular complexity index is 460. The third-order valence-electron chi connectivity index (χ3n) is 2.43. The summed E-state index contributed by atoms with van der Waals surface area (Å²) in [6.07, 6.45) is 0. The van der Waals surface area contributed by atoms with Crippen molar-refractivity contribution < 1.29 is 9.15 Å². The zero-order chi connectivity index (χ0) is 10.1. The third-order valence-corrected chi connectivity index (χ3v) is 2.43. The molecule has 2 rings (SSSR count). The summed E-state index contributed by atoms with van der Waals surface area (Å²) in [5.41, 5.74) is 7.51. The van der Waals surface area contributed by atoms with Crippen molar-refractivity contribution in [3.05, 3.63) is 29.5 Å². The normalized spacial score (nSPS) is 10.8. The van der Waals surface area contributed by atoms with Gasteiger partial charge >= 0.3 is 0 Å². The van der Waals surface area contributed by atoms with E-state index in [4.69, 9.17) is 14.9 Å². The van der Waals surface area contributed by atoms with Gasteiger partial charge in [-0.3, -0.25) is 0 Å². The number of rotatable bonds is 2. The molecule has 2 N–H and O–H groups in total. The molecular weight excluding hydrogens is 178 g/mol. The Hall–Kier alpha value is -1.48. The van der Waals surface area contributed by atoms with Crippen LogP contribution in [-0.4, -0.2) is 7.11 Å². The average Bonchev–Trinajstić information content (AvgIpc) is 2.55. The first-order valence-corrected chi connectivity index (χ1v) is 4.52. The second-order valence-electron chi connectivity index (χ2n) is 3.22. The van der Waals surface area contributed by atoms with Gasteiger partial charge in [-0.05, 0) is 24.6 Å². The Morgan fingerprint density at radius 1 is 1.43 bits per heavy atom. The van der Waals surface area contributed by atoms with Crippen LogP contribution in [0.4, 0.5) is 0 Å². The van der Waals surface area contributed by atoms with Gasteiger partial charge in [0.2, 0.25) is 0 Å². The van der Waals surface area contributed by atoms with Crippen molar-refractivity contribution in [1.82, 2.24) is 0 Å². The zero-order valence-corrected chi connectivity index (χ0v) is 8.33. The minimum absolute atomic E-state index is 0.433. The summed E-state index contributed by atoms with van der Waals surface area (Å²) in [5.74, 6) is 1.64. The van der Waals surface area contributed by atoms with Gasteiger partial charge < -0.3 is 14.9 Å². The second kappa shape index (κ2) is 3.35. The molecule has 0 aliphatic heterocycles. The third kappa shape index (κ3) is 1.26. The van der Waals surface area contributed by atoms with Crippen LogP contribution in [0.25, 0.3) is 11.0 Å². The molecule has 0 atom stereocenters. The minimum atomic E-state index is 0.433. The van der Waals surface area contributed by atoms with Gasteiger partial charge in [0.1, 0.15) is 17.1 Å². The van der Waals surface area contributed by atoms with Crippen LogP contribution in [0.1, 0.15) is 11.3 Å². The van der Waals surface area contributed by atoms with Crippen LogP contribution in [-0.2, 0) is 6.54 Å². The zero-order valence-electron chi connectivity index (χ0n) is 8.33. The molecule has 0 amide bonds. The van der Waals surface area contributed by atoms with E-state index in [2.05, 4.69) is 0 Å². The number of methoxy groups -OCH3 is 1. The monoisotopic (exact) mass is 191 g/mol. The van der Waals surface area contributed by atoms with Gasteiger partial charge in [0.25, 0.3) is 0 Å². The molecule has 0 saturated carbocycles. The van der Waals surface area contributed by atoms with E-state index in [1.54, 1.807) is 7.11 Å². The van der Waals surface area contributed by atoms with Crippen LogP contribution in [0.5, 0.6) is 5.75 Å². The van der Waals surface area contributed by atoms with Crippen LogP contribution in [0, 0.1) is 6.92 Å². The fourth-order valence-electron chi connectivity index (χ4n) is 1.58. The Morgan fingerprint density at radius 2 is 2.21 bits per heavy atom. The van der Waals surface area contributed by atoms with Crippen molar-refractivity contribution in [2.75, 3.05) is 7.11 Å². The van der Waals surface area contributed by atoms with Crippen LogP contribution in [0.15, 0.2) is 22.6 Å². The second-order valence-corrected chi connectivity index (χ2v) is 3.22. The van der Waals surface area contributed by atoms with Crippen molar-refractivity contribution >= 4 is 11.0 Å². The Kier molecular flexibility index (Phi) is 2.17. The van der Waals surface area contributed by atoms with E-state index in [-0.39, 0.29) is 0 Å². The Labute approximate surface area is 82.5 Å². The molecule has 1 aromatic heterocycles. The summed E-state index contributed by atoms with van der Waals surface area (Å²) in [7, 11) is 1.64. The van der Waals surface area contributed by atoms with Crippen molar-refractivity contribution in [3.8, 4) is 5.75 Å². The predicted octanol–water partition coefficient (Wildman–Crippen LogP) is 2.21. The first-order chi connectivity index (χ1) is 6.76. The lowest BCUT2D eigenvalue weighted by atomic mass is 10.1. The quantitative estimate of drug-likeness (QED) is 0.791. The number of ether oxygens (including phenoxy) is 1. The van der Waals surface area contributed by atoms with Crippen molar-refractivity contribution in [2.24, 2.45) is 5.73 Å². The van der Waals surface area contributed by atoms with Crippen molar-refractivity contribution in [2.45, 2.75) is 13.5 Å². The molecule has 0 fully saturated rings. The fraction of sp³-hybridized carbons (Fsp3) is 0.273. The van der Waals surface area contributed by atoms with E-state index in [1.165, 1.54) is 0 Å². The molecule has 0 aliphatic carbocycles. The maximum absolute atomic E-state index is 5.59. The molecule has 3 heteroatoms.